The fraction of sp³-hybridized carbons (Fsp3) is 0.316. The standard InChI is InChI=1S/C19H22F3N3O2/c1-4-17(18(26)25-23-2)12-6-5-7-14(8-12)24-15-9-13(19(20,21)22)10-16(11-15)27-3/h5-11,17,23-24H,4H2,1-3H3,(H,25,26). The second kappa shape index (κ2) is 8.77. The molecular weight excluding hydrogens is 359 g/mol. The zero-order chi connectivity index (χ0) is 20.0. The fourth-order valence-electron chi connectivity index (χ4n) is 2.74. The van der Waals surface area contributed by atoms with Gasteiger partial charge >= 0.3 is 6.18 Å². The Kier molecular flexibility index (Phi) is 6.68. The van der Waals surface area contributed by atoms with Gasteiger partial charge in [0.05, 0.1) is 18.6 Å². The number of alkyl halides is 3. The van der Waals surface area contributed by atoms with E-state index in [4.69, 9.17) is 4.74 Å². The molecule has 0 fully saturated rings. The Hall–Kier alpha value is -2.74. The zero-order valence-electron chi connectivity index (χ0n) is 15.3. The van der Waals surface area contributed by atoms with Crippen LogP contribution in [0.1, 0.15) is 30.4 Å². The van der Waals surface area contributed by atoms with Gasteiger partial charge in [-0.15, -0.1) is 0 Å². The monoisotopic (exact) mass is 381 g/mol. The van der Waals surface area contributed by atoms with E-state index in [1.54, 1.807) is 31.3 Å². The number of amides is 1. The van der Waals surface area contributed by atoms with Crippen molar-refractivity contribution in [2.75, 3.05) is 19.5 Å². The molecule has 5 nitrogen and oxygen atoms in total. The van der Waals surface area contributed by atoms with Crippen molar-refractivity contribution in [1.29, 1.82) is 0 Å². The molecule has 8 heteroatoms. The van der Waals surface area contributed by atoms with Crippen LogP contribution in [0.4, 0.5) is 24.5 Å². The Morgan fingerprint density at radius 3 is 2.48 bits per heavy atom. The first-order valence-electron chi connectivity index (χ1n) is 8.38. The number of hydrogen-bond donors (Lipinski definition) is 3. The molecule has 1 amide bonds. The number of nitrogens with one attached hydrogen (secondary N) is 3. The maximum absolute atomic E-state index is 13.1. The Labute approximate surface area is 155 Å². The van der Waals surface area contributed by atoms with Crippen LogP contribution in [0.2, 0.25) is 0 Å². The second-order valence-corrected chi connectivity index (χ2v) is 5.90. The third-order valence-corrected chi connectivity index (χ3v) is 4.02. The largest absolute Gasteiger partial charge is 0.497 e. The van der Waals surface area contributed by atoms with Crippen molar-refractivity contribution < 1.29 is 22.7 Å². The van der Waals surface area contributed by atoms with Crippen LogP contribution >= 0.6 is 0 Å². The predicted octanol–water partition coefficient (Wildman–Crippen LogP) is 4.20. The minimum atomic E-state index is -4.48. The fourth-order valence-corrected chi connectivity index (χ4v) is 2.74. The number of ether oxygens (including phenoxy) is 1. The van der Waals surface area contributed by atoms with Crippen LogP contribution in [0.3, 0.4) is 0 Å². The molecule has 2 rings (SSSR count). The number of halogens is 3. The predicted molar refractivity (Wildman–Crippen MR) is 98.0 cm³/mol. The van der Waals surface area contributed by atoms with Gasteiger partial charge in [0.25, 0.3) is 0 Å². The SMILES string of the molecule is CCC(C(=O)NNC)c1cccc(Nc2cc(OC)cc(C(F)(F)F)c2)c1. The third-order valence-electron chi connectivity index (χ3n) is 4.02. The molecule has 0 aliphatic rings. The normalized spacial score (nSPS) is 12.4. The quantitative estimate of drug-likeness (QED) is 0.629. The van der Waals surface area contributed by atoms with E-state index in [1.807, 2.05) is 6.92 Å². The molecule has 0 heterocycles. The number of hydrogen-bond acceptors (Lipinski definition) is 4. The zero-order valence-corrected chi connectivity index (χ0v) is 15.3. The summed E-state index contributed by atoms with van der Waals surface area (Å²) in [6, 6.07) is 10.5. The summed E-state index contributed by atoms with van der Waals surface area (Å²) in [5, 5.41) is 2.95. The molecule has 0 radical (unpaired) electrons. The molecule has 27 heavy (non-hydrogen) atoms. The van der Waals surface area contributed by atoms with E-state index >= 15 is 0 Å². The summed E-state index contributed by atoms with van der Waals surface area (Å²) in [5.74, 6) is -0.462. The van der Waals surface area contributed by atoms with Gasteiger partial charge in [-0.2, -0.15) is 13.2 Å². The van der Waals surface area contributed by atoms with E-state index in [1.165, 1.54) is 13.2 Å². The average molecular weight is 381 g/mol. The molecule has 0 saturated heterocycles. The van der Waals surface area contributed by atoms with E-state index < -0.39 is 11.7 Å². The van der Waals surface area contributed by atoms with Gasteiger partial charge in [-0.1, -0.05) is 19.1 Å². The van der Waals surface area contributed by atoms with Crippen LogP contribution in [0.5, 0.6) is 5.75 Å². The van der Waals surface area contributed by atoms with Crippen molar-refractivity contribution in [2.45, 2.75) is 25.4 Å². The van der Waals surface area contributed by atoms with Gasteiger partial charge in [0, 0.05) is 24.5 Å². The lowest BCUT2D eigenvalue weighted by molar-refractivity contribution is -0.137. The summed E-state index contributed by atoms with van der Waals surface area (Å²) in [6.07, 6.45) is -3.90. The Bertz CT molecular complexity index is 794. The van der Waals surface area contributed by atoms with E-state index in [0.717, 1.165) is 17.7 Å². The van der Waals surface area contributed by atoms with Crippen molar-refractivity contribution in [3.05, 3.63) is 53.6 Å². The lowest BCUT2D eigenvalue weighted by Crippen LogP contribution is -2.37. The number of rotatable bonds is 7. The highest BCUT2D eigenvalue weighted by Crippen LogP contribution is 2.35. The first-order valence-corrected chi connectivity index (χ1v) is 8.38. The van der Waals surface area contributed by atoms with Crippen molar-refractivity contribution in [3.8, 4) is 5.75 Å². The Morgan fingerprint density at radius 2 is 1.89 bits per heavy atom. The van der Waals surface area contributed by atoms with Crippen LogP contribution in [0.15, 0.2) is 42.5 Å². The molecule has 0 saturated carbocycles. The van der Waals surface area contributed by atoms with Crippen LogP contribution in [-0.2, 0) is 11.0 Å². The molecule has 1 atom stereocenters. The molecule has 0 aliphatic carbocycles. The summed E-state index contributed by atoms with van der Waals surface area (Å²) in [4.78, 5) is 12.1. The van der Waals surface area contributed by atoms with Gasteiger partial charge < -0.3 is 10.1 Å². The molecule has 3 N–H and O–H groups in total. The third kappa shape index (κ3) is 5.37. The highest BCUT2D eigenvalue weighted by atomic mass is 19.4. The van der Waals surface area contributed by atoms with Gasteiger partial charge in [-0.3, -0.25) is 10.2 Å². The summed E-state index contributed by atoms with van der Waals surface area (Å²) < 4.78 is 44.2. The van der Waals surface area contributed by atoms with Gasteiger partial charge in [0.2, 0.25) is 5.91 Å². The minimum absolute atomic E-state index is 0.100. The van der Waals surface area contributed by atoms with E-state index in [-0.39, 0.29) is 23.3 Å². The summed E-state index contributed by atoms with van der Waals surface area (Å²) in [5.41, 5.74) is 5.93. The molecule has 1 unspecified atom stereocenters. The highest BCUT2D eigenvalue weighted by molar-refractivity contribution is 5.83. The van der Waals surface area contributed by atoms with Crippen molar-refractivity contribution in [1.82, 2.24) is 10.9 Å². The molecule has 2 aromatic carbocycles. The number of benzene rings is 2. The second-order valence-electron chi connectivity index (χ2n) is 5.90. The molecular formula is C19H22F3N3O2. The van der Waals surface area contributed by atoms with Gasteiger partial charge in [0.15, 0.2) is 0 Å². The number of carbonyl (C=O) groups excluding carboxylic acids is 1. The van der Waals surface area contributed by atoms with E-state index in [9.17, 15) is 18.0 Å². The molecule has 0 aliphatic heterocycles. The number of carbonyl (C=O) groups is 1. The molecule has 0 spiro atoms. The Balaban J connectivity index is 2.32. The number of methoxy groups -OCH3 is 1. The van der Waals surface area contributed by atoms with Crippen LogP contribution < -0.4 is 20.9 Å². The lowest BCUT2D eigenvalue weighted by atomic mass is 9.95. The highest BCUT2D eigenvalue weighted by Gasteiger charge is 2.31. The van der Waals surface area contributed by atoms with E-state index in [0.29, 0.717) is 12.1 Å². The maximum atomic E-state index is 13.1. The average Bonchev–Trinajstić information content (AvgIpc) is 2.62. The smallest absolute Gasteiger partial charge is 0.416 e. The van der Waals surface area contributed by atoms with Crippen molar-refractivity contribution >= 4 is 17.3 Å². The van der Waals surface area contributed by atoms with Gasteiger partial charge in [-0.05, 0) is 36.2 Å². The van der Waals surface area contributed by atoms with Crippen LogP contribution in [0, 0.1) is 0 Å². The van der Waals surface area contributed by atoms with Crippen molar-refractivity contribution in [3.63, 3.8) is 0 Å². The maximum Gasteiger partial charge on any atom is 0.416 e. The molecule has 0 aromatic heterocycles. The van der Waals surface area contributed by atoms with E-state index in [2.05, 4.69) is 16.2 Å². The topological polar surface area (TPSA) is 62.4 Å². The summed E-state index contributed by atoms with van der Waals surface area (Å²) in [7, 11) is 2.91. The number of hydrazine groups is 1. The first kappa shape index (κ1) is 20.6. The molecule has 2 aromatic rings. The van der Waals surface area contributed by atoms with Crippen LogP contribution in [-0.4, -0.2) is 20.1 Å². The van der Waals surface area contributed by atoms with Crippen LogP contribution in [0.25, 0.3) is 0 Å². The van der Waals surface area contributed by atoms with Gasteiger partial charge in [-0.25, -0.2) is 5.43 Å². The summed E-state index contributed by atoms with van der Waals surface area (Å²) >= 11 is 0. The first-order chi connectivity index (χ1) is 12.8. The van der Waals surface area contributed by atoms with Crippen molar-refractivity contribution in [2.24, 2.45) is 0 Å². The minimum Gasteiger partial charge on any atom is -0.497 e. The lowest BCUT2D eigenvalue weighted by Gasteiger charge is -2.17. The molecule has 0 bridgehead atoms. The van der Waals surface area contributed by atoms with Gasteiger partial charge in [0.1, 0.15) is 5.75 Å². The summed E-state index contributed by atoms with van der Waals surface area (Å²) in [6.45, 7) is 1.89. The number of anilines is 2. The Morgan fingerprint density at radius 1 is 1.15 bits per heavy atom. The molecule has 146 valence electrons.